The van der Waals surface area contributed by atoms with Crippen LogP contribution in [0.3, 0.4) is 0 Å². The molecule has 0 spiro atoms. The molecule has 1 rings (SSSR count). The van der Waals surface area contributed by atoms with Crippen LogP contribution in [-0.4, -0.2) is 17.8 Å². The fraction of sp³-hybridized carbons (Fsp3) is 1.00. The van der Waals surface area contributed by atoms with Gasteiger partial charge in [-0.2, -0.15) is 0 Å². The first-order valence-electron chi connectivity index (χ1n) is 5.13. The molecule has 0 amide bonds. The summed E-state index contributed by atoms with van der Waals surface area (Å²) in [5.41, 5.74) is 5.67. The topological polar surface area (TPSA) is 46.2 Å². The molecule has 0 aliphatic heterocycles. The van der Waals surface area contributed by atoms with Crippen LogP contribution in [0.2, 0.25) is 0 Å². The molecule has 0 aromatic heterocycles. The van der Waals surface area contributed by atoms with E-state index < -0.39 is 0 Å². The van der Waals surface area contributed by atoms with Gasteiger partial charge in [-0.1, -0.05) is 19.8 Å². The highest BCUT2D eigenvalue weighted by atomic mass is 16.3. The van der Waals surface area contributed by atoms with Gasteiger partial charge in [0.15, 0.2) is 0 Å². The van der Waals surface area contributed by atoms with Crippen molar-refractivity contribution in [2.45, 2.75) is 51.6 Å². The minimum absolute atomic E-state index is 0.157. The molecule has 0 heterocycles. The lowest BCUT2D eigenvalue weighted by Crippen LogP contribution is -2.33. The Morgan fingerprint density at radius 1 is 1.42 bits per heavy atom. The summed E-state index contributed by atoms with van der Waals surface area (Å²) in [7, 11) is 0. The number of aliphatic hydroxyl groups is 1. The van der Waals surface area contributed by atoms with Crippen molar-refractivity contribution in [3.05, 3.63) is 0 Å². The first-order valence-corrected chi connectivity index (χ1v) is 5.13. The predicted molar refractivity (Wildman–Crippen MR) is 50.9 cm³/mol. The van der Waals surface area contributed by atoms with E-state index in [1.54, 1.807) is 0 Å². The summed E-state index contributed by atoms with van der Waals surface area (Å²) < 4.78 is 0. The molecule has 72 valence electrons. The van der Waals surface area contributed by atoms with Crippen molar-refractivity contribution in [3.8, 4) is 0 Å². The summed E-state index contributed by atoms with van der Waals surface area (Å²) in [6.45, 7) is 2.80. The van der Waals surface area contributed by atoms with Gasteiger partial charge < -0.3 is 10.8 Å². The van der Waals surface area contributed by atoms with Crippen LogP contribution >= 0.6 is 0 Å². The van der Waals surface area contributed by atoms with Crippen LogP contribution in [0.25, 0.3) is 0 Å². The zero-order valence-corrected chi connectivity index (χ0v) is 8.05. The molecule has 1 aliphatic carbocycles. The SMILES string of the molecule is CCC1(C(O)CCN)CCCC1. The van der Waals surface area contributed by atoms with Gasteiger partial charge in [0.2, 0.25) is 0 Å². The molecule has 0 bridgehead atoms. The predicted octanol–water partition coefficient (Wildman–Crippen LogP) is 1.67. The number of hydrogen-bond donors (Lipinski definition) is 2. The highest BCUT2D eigenvalue weighted by molar-refractivity contribution is 4.89. The van der Waals surface area contributed by atoms with E-state index in [4.69, 9.17) is 5.73 Å². The summed E-state index contributed by atoms with van der Waals surface area (Å²) in [5, 5.41) is 9.92. The van der Waals surface area contributed by atoms with Crippen molar-refractivity contribution in [2.24, 2.45) is 11.1 Å². The summed E-state index contributed by atoms with van der Waals surface area (Å²) in [6, 6.07) is 0. The monoisotopic (exact) mass is 171 g/mol. The number of nitrogens with two attached hydrogens (primary N) is 1. The Morgan fingerprint density at radius 2 is 2.00 bits per heavy atom. The summed E-state index contributed by atoms with van der Waals surface area (Å²) in [4.78, 5) is 0. The van der Waals surface area contributed by atoms with E-state index in [0.29, 0.717) is 6.54 Å². The normalized spacial score (nSPS) is 24.2. The standard InChI is InChI=1S/C10H21NO/c1-2-10(6-3-4-7-10)9(12)5-8-11/h9,12H,2-8,11H2,1H3. The summed E-state index contributed by atoms with van der Waals surface area (Å²) in [5.74, 6) is 0. The van der Waals surface area contributed by atoms with E-state index in [0.717, 1.165) is 12.8 Å². The number of rotatable bonds is 4. The highest BCUT2D eigenvalue weighted by Gasteiger charge is 2.38. The van der Waals surface area contributed by atoms with Crippen LogP contribution < -0.4 is 5.73 Å². The van der Waals surface area contributed by atoms with Gasteiger partial charge in [0.25, 0.3) is 0 Å². The Kier molecular flexibility index (Phi) is 3.53. The molecule has 1 atom stereocenters. The Morgan fingerprint density at radius 3 is 2.42 bits per heavy atom. The van der Waals surface area contributed by atoms with Gasteiger partial charge in [-0.3, -0.25) is 0 Å². The molecule has 0 aromatic carbocycles. The first-order chi connectivity index (χ1) is 5.75. The smallest absolute Gasteiger partial charge is 0.0608 e. The van der Waals surface area contributed by atoms with E-state index in [1.807, 2.05) is 0 Å². The molecule has 2 nitrogen and oxygen atoms in total. The Balaban J connectivity index is 2.52. The third kappa shape index (κ3) is 1.80. The van der Waals surface area contributed by atoms with Gasteiger partial charge in [0.1, 0.15) is 0 Å². The van der Waals surface area contributed by atoms with Gasteiger partial charge in [-0.05, 0) is 37.6 Å². The van der Waals surface area contributed by atoms with Gasteiger partial charge >= 0.3 is 0 Å². The molecular formula is C10H21NO. The van der Waals surface area contributed by atoms with Gasteiger partial charge in [0.05, 0.1) is 6.10 Å². The highest BCUT2D eigenvalue weighted by Crippen LogP contribution is 2.44. The van der Waals surface area contributed by atoms with Crippen molar-refractivity contribution in [1.29, 1.82) is 0 Å². The number of aliphatic hydroxyl groups excluding tert-OH is 1. The second-order valence-electron chi connectivity index (χ2n) is 4.02. The van der Waals surface area contributed by atoms with Gasteiger partial charge in [-0.25, -0.2) is 0 Å². The fourth-order valence-corrected chi connectivity index (χ4v) is 2.47. The van der Waals surface area contributed by atoms with Gasteiger partial charge in [-0.15, -0.1) is 0 Å². The maximum atomic E-state index is 9.92. The molecule has 0 saturated heterocycles. The van der Waals surface area contributed by atoms with Crippen LogP contribution in [0.15, 0.2) is 0 Å². The molecule has 12 heavy (non-hydrogen) atoms. The quantitative estimate of drug-likeness (QED) is 0.676. The lowest BCUT2D eigenvalue weighted by Gasteiger charge is -2.33. The largest absolute Gasteiger partial charge is 0.393 e. The average molecular weight is 171 g/mol. The Bertz CT molecular complexity index is 130. The molecule has 1 fully saturated rings. The minimum atomic E-state index is -0.157. The zero-order valence-electron chi connectivity index (χ0n) is 8.05. The summed E-state index contributed by atoms with van der Waals surface area (Å²) >= 11 is 0. The van der Waals surface area contributed by atoms with Crippen molar-refractivity contribution in [2.75, 3.05) is 6.54 Å². The molecular weight excluding hydrogens is 150 g/mol. The molecule has 1 unspecified atom stereocenters. The third-order valence-electron chi connectivity index (χ3n) is 3.45. The maximum Gasteiger partial charge on any atom is 0.0608 e. The summed E-state index contributed by atoms with van der Waals surface area (Å²) in [6.07, 6.45) is 6.69. The van der Waals surface area contributed by atoms with E-state index in [2.05, 4.69) is 6.92 Å². The van der Waals surface area contributed by atoms with E-state index in [-0.39, 0.29) is 11.5 Å². The van der Waals surface area contributed by atoms with E-state index in [1.165, 1.54) is 25.7 Å². The molecule has 3 N–H and O–H groups in total. The second-order valence-corrected chi connectivity index (χ2v) is 4.02. The van der Waals surface area contributed by atoms with Crippen molar-refractivity contribution in [1.82, 2.24) is 0 Å². The average Bonchev–Trinajstić information content (AvgIpc) is 2.54. The maximum absolute atomic E-state index is 9.92. The van der Waals surface area contributed by atoms with Crippen LogP contribution in [0.5, 0.6) is 0 Å². The van der Waals surface area contributed by atoms with Crippen LogP contribution in [-0.2, 0) is 0 Å². The second kappa shape index (κ2) is 4.24. The Hall–Kier alpha value is -0.0800. The van der Waals surface area contributed by atoms with Crippen molar-refractivity contribution >= 4 is 0 Å². The first kappa shape index (κ1) is 10.0. The zero-order chi connectivity index (χ0) is 9.03. The Labute approximate surface area is 75.2 Å². The van der Waals surface area contributed by atoms with E-state index in [9.17, 15) is 5.11 Å². The molecule has 2 heteroatoms. The van der Waals surface area contributed by atoms with Crippen molar-refractivity contribution in [3.63, 3.8) is 0 Å². The van der Waals surface area contributed by atoms with Crippen molar-refractivity contribution < 1.29 is 5.11 Å². The fourth-order valence-electron chi connectivity index (χ4n) is 2.47. The lowest BCUT2D eigenvalue weighted by molar-refractivity contribution is 0.0209. The lowest BCUT2D eigenvalue weighted by atomic mass is 9.77. The molecule has 0 aromatic rings. The minimum Gasteiger partial charge on any atom is -0.393 e. The van der Waals surface area contributed by atoms with Crippen LogP contribution in [0.1, 0.15) is 45.4 Å². The molecule has 0 radical (unpaired) electrons. The molecule has 1 aliphatic rings. The van der Waals surface area contributed by atoms with Crippen LogP contribution in [0.4, 0.5) is 0 Å². The van der Waals surface area contributed by atoms with Crippen LogP contribution in [0, 0.1) is 5.41 Å². The van der Waals surface area contributed by atoms with Gasteiger partial charge in [0, 0.05) is 0 Å². The van der Waals surface area contributed by atoms with E-state index >= 15 is 0 Å². The molecule has 1 saturated carbocycles. The third-order valence-corrected chi connectivity index (χ3v) is 3.45. The number of hydrogen-bond acceptors (Lipinski definition) is 2.